The van der Waals surface area contributed by atoms with E-state index < -0.39 is 0 Å². The van der Waals surface area contributed by atoms with Crippen molar-refractivity contribution in [1.82, 2.24) is 0 Å². The van der Waals surface area contributed by atoms with Crippen LogP contribution in [0, 0.1) is 12.7 Å². The van der Waals surface area contributed by atoms with Crippen LogP contribution in [0.3, 0.4) is 0 Å². The number of aryl methyl sites for hydroxylation is 1. The van der Waals surface area contributed by atoms with E-state index in [1.54, 1.807) is 12.1 Å². The van der Waals surface area contributed by atoms with Gasteiger partial charge in [-0.3, -0.25) is 0 Å². The van der Waals surface area contributed by atoms with Crippen molar-refractivity contribution in [3.8, 4) is 0 Å². The molecule has 0 heterocycles. The second-order valence-corrected chi connectivity index (χ2v) is 5.90. The van der Waals surface area contributed by atoms with Crippen molar-refractivity contribution in [3.63, 3.8) is 0 Å². The lowest BCUT2D eigenvalue weighted by molar-refractivity contribution is 0.448. The minimum atomic E-state index is -0.261. The van der Waals surface area contributed by atoms with Gasteiger partial charge >= 0.3 is 0 Å². The largest absolute Gasteiger partial charge is 0.368 e. The van der Waals surface area contributed by atoms with Gasteiger partial charge in [0.1, 0.15) is 5.82 Å². The Morgan fingerprint density at radius 2 is 1.81 bits per heavy atom. The number of rotatable bonds is 5. The fourth-order valence-corrected chi connectivity index (χ4v) is 2.49. The van der Waals surface area contributed by atoms with E-state index in [1.165, 1.54) is 11.6 Å². The van der Waals surface area contributed by atoms with Gasteiger partial charge in [0.2, 0.25) is 0 Å². The lowest BCUT2D eigenvalue weighted by Crippen LogP contribution is -2.51. The van der Waals surface area contributed by atoms with Gasteiger partial charge in [-0.25, -0.2) is 4.39 Å². The minimum absolute atomic E-state index is 0.204. The molecule has 2 aromatic rings. The molecule has 0 aliphatic carbocycles. The maximum Gasteiger partial charge on any atom is 0.123 e. The SMILES string of the molecule is Cc1ccc(N(C)C(C)(CN)Cc2cccc(F)c2)cc1. The van der Waals surface area contributed by atoms with Crippen LogP contribution in [0.5, 0.6) is 0 Å². The predicted octanol–water partition coefficient (Wildman–Crippen LogP) is 3.53. The summed E-state index contributed by atoms with van der Waals surface area (Å²) in [4.78, 5) is 2.18. The molecule has 1 unspecified atom stereocenters. The summed E-state index contributed by atoms with van der Waals surface area (Å²) in [7, 11) is 2.04. The van der Waals surface area contributed by atoms with Gasteiger partial charge in [-0.1, -0.05) is 29.8 Å². The highest BCUT2D eigenvalue weighted by Gasteiger charge is 2.28. The molecule has 0 spiro atoms. The molecule has 0 saturated heterocycles. The van der Waals surface area contributed by atoms with Crippen molar-refractivity contribution in [1.29, 1.82) is 0 Å². The van der Waals surface area contributed by atoms with Crippen LogP contribution in [0.15, 0.2) is 48.5 Å². The molecule has 0 radical (unpaired) electrons. The highest BCUT2D eigenvalue weighted by Crippen LogP contribution is 2.25. The van der Waals surface area contributed by atoms with E-state index in [1.807, 2.05) is 13.1 Å². The van der Waals surface area contributed by atoms with Crippen molar-refractivity contribution >= 4 is 5.69 Å². The second kappa shape index (κ2) is 6.27. The molecule has 21 heavy (non-hydrogen) atoms. The van der Waals surface area contributed by atoms with Crippen molar-refractivity contribution < 1.29 is 4.39 Å². The standard InChI is InChI=1S/C18H23FN2/c1-14-7-9-17(10-8-14)21(3)18(2,13-20)12-15-5-4-6-16(19)11-15/h4-11H,12-13,20H2,1-3H3. The number of anilines is 1. The third-order valence-corrected chi connectivity index (χ3v) is 4.14. The topological polar surface area (TPSA) is 29.3 Å². The zero-order valence-corrected chi connectivity index (χ0v) is 12.9. The Hall–Kier alpha value is -1.87. The van der Waals surface area contributed by atoms with E-state index in [2.05, 4.69) is 43.0 Å². The smallest absolute Gasteiger partial charge is 0.123 e. The van der Waals surface area contributed by atoms with E-state index in [4.69, 9.17) is 5.73 Å². The summed E-state index contributed by atoms with van der Waals surface area (Å²) in [6.45, 7) is 4.67. The molecular weight excluding hydrogens is 263 g/mol. The number of hydrogen-bond donors (Lipinski definition) is 1. The molecule has 0 aliphatic rings. The Morgan fingerprint density at radius 3 is 2.38 bits per heavy atom. The molecule has 0 amide bonds. The molecule has 0 fully saturated rings. The van der Waals surface area contributed by atoms with Crippen LogP contribution in [0.4, 0.5) is 10.1 Å². The molecule has 3 heteroatoms. The van der Waals surface area contributed by atoms with Crippen LogP contribution >= 0.6 is 0 Å². The van der Waals surface area contributed by atoms with Crippen LogP contribution in [0.1, 0.15) is 18.1 Å². The van der Waals surface area contributed by atoms with Crippen LogP contribution in [0.25, 0.3) is 0 Å². The van der Waals surface area contributed by atoms with Gasteiger partial charge in [-0.15, -0.1) is 0 Å². The molecular formula is C18H23FN2. The number of halogens is 1. The van der Waals surface area contributed by atoms with Crippen molar-refractivity contribution in [2.24, 2.45) is 5.73 Å². The normalized spacial score (nSPS) is 13.8. The Labute approximate surface area is 126 Å². The highest BCUT2D eigenvalue weighted by molar-refractivity contribution is 5.49. The minimum Gasteiger partial charge on any atom is -0.368 e. The molecule has 2 rings (SSSR count). The van der Waals surface area contributed by atoms with Gasteiger partial charge < -0.3 is 10.6 Å². The van der Waals surface area contributed by atoms with Crippen molar-refractivity contribution in [3.05, 3.63) is 65.5 Å². The van der Waals surface area contributed by atoms with Crippen LogP contribution in [0.2, 0.25) is 0 Å². The third-order valence-electron chi connectivity index (χ3n) is 4.14. The van der Waals surface area contributed by atoms with Crippen molar-refractivity contribution in [2.45, 2.75) is 25.8 Å². The number of hydrogen-bond acceptors (Lipinski definition) is 2. The Bertz CT molecular complexity index is 594. The fraction of sp³-hybridized carbons (Fsp3) is 0.333. The van der Waals surface area contributed by atoms with Gasteiger partial charge in [0.05, 0.1) is 5.54 Å². The first-order valence-electron chi connectivity index (χ1n) is 7.20. The number of benzene rings is 2. The maximum absolute atomic E-state index is 13.4. The predicted molar refractivity (Wildman–Crippen MR) is 87.1 cm³/mol. The first-order chi connectivity index (χ1) is 9.94. The Morgan fingerprint density at radius 1 is 1.14 bits per heavy atom. The molecule has 1 atom stereocenters. The summed E-state index contributed by atoms with van der Waals surface area (Å²) < 4.78 is 13.4. The molecule has 112 valence electrons. The number of nitrogens with two attached hydrogens (primary N) is 1. The van der Waals surface area contributed by atoms with E-state index in [0.717, 1.165) is 11.3 Å². The molecule has 2 aromatic carbocycles. The van der Waals surface area contributed by atoms with Crippen LogP contribution < -0.4 is 10.6 Å². The molecule has 2 N–H and O–H groups in total. The average Bonchev–Trinajstić information content (AvgIpc) is 2.47. The second-order valence-electron chi connectivity index (χ2n) is 5.90. The maximum atomic E-state index is 13.4. The lowest BCUT2D eigenvalue weighted by atomic mass is 9.90. The van der Waals surface area contributed by atoms with Gasteiger partial charge in [0, 0.05) is 19.3 Å². The van der Waals surface area contributed by atoms with Gasteiger partial charge in [0.15, 0.2) is 0 Å². The molecule has 0 aromatic heterocycles. The Balaban J connectivity index is 2.25. The van der Waals surface area contributed by atoms with Crippen molar-refractivity contribution in [2.75, 3.05) is 18.5 Å². The van der Waals surface area contributed by atoms with E-state index in [-0.39, 0.29) is 11.4 Å². The van der Waals surface area contributed by atoms with Gasteiger partial charge in [0.25, 0.3) is 0 Å². The summed E-state index contributed by atoms with van der Waals surface area (Å²) in [6.07, 6.45) is 0.700. The quantitative estimate of drug-likeness (QED) is 0.911. The van der Waals surface area contributed by atoms with E-state index in [9.17, 15) is 4.39 Å². The zero-order valence-electron chi connectivity index (χ0n) is 12.9. The summed E-state index contributed by atoms with van der Waals surface area (Å²) >= 11 is 0. The Kier molecular flexibility index (Phi) is 4.63. The average molecular weight is 286 g/mol. The summed E-state index contributed by atoms with van der Waals surface area (Å²) in [6, 6.07) is 15.1. The fourth-order valence-electron chi connectivity index (χ4n) is 2.49. The molecule has 0 bridgehead atoms. The summed E-state index contributed by atoms with van der Waals surface area (Å²) in [5.74, 6) is -0.204. The molecule has 0 aliphatic heterocycles. The van der Waals surface area contributed by atoms with E-state index >= 15 is 0 Å². The number of likely N-dealkylation sites (N-methyl/N-ethyl adjacent to an activating group) is 1. The number of nitrogens with zero attached hydrogens (tertiary/aromatic N) is 1. The van der Waals surface area contributed by atoms with E-state index in [0.29, 0.717) is 13.0 Å². The summed E-state index contributed by atoms with van der Waals surface area (Å²) in [5.41, 5.74) is 9.07. The third kappa shape index (κ3) is 3.61. The lowest BCUT2D eigenvalue weighted by Gasteiger charge is -2.40. The van der Waals surface area contributed by atoms with Gasteiger partial charge in [-0.2, -0.15) is 0 Å². The van der Waals surface area contributed by atoms with Crippen LogP contribution in [-0.2, 0) is 6.42 Å². The first-order valence-corrected chi connectivity index (χ1v) is 7.20. The monoisotopic (exact) mass is 286 g/mol. The molecule has 0 saturated carbocycles. The van der Waals surface area contributed by atoms with Gasteiger partial charge in [-0.05, 0) is 50.1 Å². The highest BCUT2D eigenvalue weighted by atomic mass is 19.1. The summed E-state index contributed by atoms with van der Waals surface area (Å²) in [5, 5.41) is 0. The molecule has 2 nitrogen and oxygen atoms in total. The first kappa shape index (κ1) is 15.5. The van der Waals surface area contributed by atoms with Crippen LogP contribution in [-0.4, -0.2) is 19.1 Å². The zero-order chi connectivity index (χ0) is 15.5.